The topological polar surface area (TPSA) is 113 Å². The van der Waals surface area contributed by atoms with Gasteiger partial charge in [0.25, 0.3) is 0 Å². The average molecular weight is 495 g/mol. The number of rotatable bonds is 23. The largest absolute Gasteiger partial charge is 0.481 e. The van der Waals surface area contributed by atoms with Gasteiger partial charge in [-0.05, 0) is 62.2 Å². The summed E-state index contributed by atoms with van der Waals surface area (Å²) in [6.07, 6.45) is 14.5. The van der Waals surface area contributed by atoms with E-state index in [1.165, 1.54) is 0 Å². The van der Waals surface area contributed by atoms with Crippen molar-refractivity contribution in [2.45, 2.75) is 124 Å². The van der Waals surface area contributed by atoms with Crippen LogP contribution in [0.15, 0.2) is 0 Å². The van der Waals surface area contributed by atoms with Crippen molar-refractivity contribution in [3.05, 3.63) is 0 Å². The van der Waals surface area contributed by atoms with E-state index in [9.17, 15) is 9.36 Å². The van der Waals surface area contributed by atoms with Gasteiger partial charge in [-0.25, -0.2) is 4.57 Å². The van der Waals surface area contributed by atoms with Crippen LogP contribution in [0.5, 0.6) is 0 Å². The molecule has 8 heteroatoms. The zero-order valence-corrected chi connectivity index (χ0v) is 22.5. The van der Waals surface area contributed by atoms with Crippen LogP contribution in [-0.4, -0.2) is 40.7 Å². The van der Waals surface area contributed by atoms with Crippen LogP contribution in [0, 0.1) is 10.8 Å². The Labute approximate surface area is 202 Å². The summed E-state index contributed by atoms with van der Waals surface area (Å²) in [7, 11) is -4.37. The first kappa shape index (κ1) is 32.5. The Morgan fingerprint density at radius 2 is 1.12 bits per heavy atom. The van der Waals surface area contributed by atoms with Gasteiger partial charge in [0.1, 0.15) is 0 Å². The van der Waals surface area contributed by atoms with E-state index in [2.05, 4.69) is 32.2 Å². The molecule has 0 bridgehead atoms. The van der Waals surface area contributed by atoms with Crippen molar-refractivity contribution in [3.63, 3.8) is 0 Å². The van der Waals surface area contributed by atoms with Crippen molar-refractivity contribution in [2.24, 2.45) is 10.8 Å². The van der Waals surface area contributed by atoms with Gasteiger partial charge in [0.05, 0.1) is 6.61 Å². The maximum absolute atomic E-state index is 10.8. The summed E-state index contributed by atoms with van der Waals surface area (Å²) in [6, 6.07) is 0. The molecule has 198 valence electrons. The monoisotopic (exact) mass is 494 g/mol. The van der Waals surface area contributed by atoms with Gasteiger partial charge >= 0.3 is 13.8 Å². The number of carboxylic acids is 1. The molecule has 0 spiro atoms. The molecule has 0 saturated carbocycles. The van der Waals surface area contributed by atoms with Crippen LogP contribution in [0.2, 0.25) is 0 Å². The first-order valence-corrected chi connectivity index (χ1v) is 14.6. The Morgan fingerprint density at radius 3 is 1.52 bits per heavy atom. The Morgan fingerprint density at radius 1 is 0.697 bits per heavy atom. The smallest absolute Gasteiger partial charge is 0.469 e. The van der Waals surface area contributed by atoms with Gasteiger partial charge in [-0.1, -0.05) is 66.2 Å². The van der Waals surface area contributed by atoms with Gasteiger partial charge in [-0.3, -0.25) is 9.32 Å². The quantitative estimate of drug-likeness (QED) is 0.102. The highest BCUT2D eigenvalue weighted by atomic mass is 31.2. The fraction of sp³-hybridized carbons (Fsp3) is 0.960. The van der Waals surface area contributed by atoms with E-state index in [0.717, 1.165) is 96.7 Å². The van der Waals surface area contributed by atoms with Crippen LogP contribution < -0.4 is 0 Å². The Hall–Kier alpha value is -0.460. The number of phosphoric acid groups is 1. The molecule has 0 heterocycles. The Balaban J connectivity index is 4.04. The highest BCUT2D eigenvalue weighted by molar-refractivity contribution is 7.46. The normalized spacial score (nSPS) is 12.9. The standard InChI is InChI=1S/C25H51O7P/c1-5-24(6-2,18-13-15-23(26)27)16-9-11-20-31-21-12-10-17-25(7-3,8-4)19-14-22-32-33(28,29)30/h5-22H2,1-4H3,(H,26,27)(H2,28,29,30). The molecule has 0 unspecified atom stereocenters. The molecule has 0 aromatic carbocycles. The van der Waals surface area contributed by atoms with E-state index in [-0.39, 0.29) is 23.9 Å². The molecule has 0 atom stereocenters. The SMILES string of the molecule is CCC(CC)(CCCCOCCCCC(CC)(CC)CCCC(=O)O)CCCOP(=O)(O)O. The third-order valence-electron chi connectivity index (χ3n) is 7.70. The number of aliphatic carboxylic acids is 1. The highest BCUT2D eigenvalue weighted by Gasteiger charge is 2.26. The van der Waals surface area contributed by atoms with Crippen LogP contribution in [0.25, 0.3) is 0 Å². The molecule has 0 fully saturated rings. The maximum Gasteiger partial charge on any atom is 0.469 e. The lowest BCUT2D eigenvalue weighted by Crippen LogP contribution is -2.20. The molecule has 0 aromatic heterocycles. The minimum atomic E-state index is -4.37. The number of carboxylic acid groups (broad SMARTS) is 1. The molecule has 0 radical (unpaired) electrons. The minimum absolute atomic E-state index is 0.103. The lowest BCUT2D eigenvalue weighted by atomic mass is 9.74. The lowest BCUT2D eigenvalue weighted by molar-refractivity contribution is -0.137. The van der Waals surface area contributed by atoms with Crippen LogP contribution in [0.4, 0.5) is 0 Å². The molecule has 0 aliphatic rings. The van der Waals surface area contributed by atoms with E-state index in [4.69, 9.17) is 19.6 Å². The summed E-state index contributed by atoms with van der Waals surface area (Å²) in [5, 5.41) is 8.89. The molecule has 0 saturated heterocycles. The summed E-state index contributed by atoms with van der Waals surface area (Å²) in [4.78, 5) is 28.4. The van der Waals surface area contributed by atoms with Crippen molar-refractivity contribution in [2.75, 3.05) is 19.8 Å². The van der Waals surface area contributed by atoms with Crippen molar-refractivity contribution in [3.8, 4) is 0 Å². The maximum atomic E-state index is 10.8. The van der Waals surface area contributed by atoms with Gasteiger partial charge in [0.2, 0.25) is 0 Å². The molecule has 0 amide bonds. The molecule has 3 N–H and O–H groups in total. The summed E-state index contributed by atoms with van der Waals surface area (Å²) >= 11 is 0. The summed E-state index contributed by atoms with van der Waals surface area (Å²) in [5.74, 6) is -0.700. The van der Waals surface area contributed by atoms with Gasteiger partial charge < -0.3 is 19.6 Å². The molecule has 7 nitrogen and oxygen atoms in total. The number of phosphoric ester groups is 1. The molecule has 0 aromatic rings. The van der Waals surface area contributed by atoms with Gasteiger partial charge in [0, 0.05) is 19.6 Å². The lowest BCUT2D eigenvalue weighted by Gasteiger charge is -2.32. The number of carbonyl (C=O) groups is 1. The van der Waals surface area contributed by atoms with Crippen LogP contribution in [0.3, 0.4) is 0 Å². The predicted octanol–water partition coefficient (Wildman–Crippen LogP) is 7.10. The van der Waals surface area contributed by atoms with Crippen molar-refractivity contribution >= 4 is 13.8 Å². The fourth-order valence-corrected chi connectivity index (χ4v) is 5.29. The van der Waals surface area contributed by atoms with Crippen molar-refractivity contribution in [1.29, 1.82) is 0 Å². The first-order chi connectivity index (χ1) is 15.6. The van der Waals surface area contributed by atoms with Crippen LogP contribution in [-0.2, 0) is 18.6 Å². The molecule has 0 aliphatic carbocycles. The van der Waals surface area contributed by atoms with Crippen molar-refractivity contribution in [1.82, 2.24) is 0 Å². The molecule has 33 heavy (non-hydrogen) atoms. The average Bonchev–Trinajstić information content (AvgIpc) is 2.77. The Kier molecular flexibility index (Phi) is 17.6. The van der Waals surface area contributed by atoms with E-state index >= 15 is 0 Å². The fourth-order valence-electron chi connectivity index (χ4n) is 4.92. The van der Waals surface area contributed by atoms with E-state index in [1.807, 2.05) is 0 Å². The first-order valence-electron chi connectivity index (χ1n) is 13.1. The minimum Gasteiger partial charge on any atom is -0.481 e. The third kappa shape index (κ3) is 15.9. The zero-order valence-electron chi connectivity index (χ0n) is 21.6. The number of ether oxygens (including phenoxy) is 1. The van der Waals surface area contributed by atoms with Crippen LogP contribution in [0.1, 0.15) is 124 Å². The second-order valence-corrected chi connectivity index (χ2v) is 10.9. The zero-order chi connectivity index (χ0) is 25.2. The number of hydrogen-bond donors (Lipinski definition) is 3. The predicted molar refractivity (Wildman–Crippen MR) is 133 cm³/mol. The van der Waals surface area contributed by atoms with E-state index in [0.29, 0.717) is 6.42 Å². The molecular weight excluding hydrogens is 443 g/mol. The summed E-state index contributed by atoms with van der Waals surface area (Å²) in [5.41, 5.74) is 0.484. The summed E-state index contributed by atoms with van der Waals surface area (Å²) in [6.45, 7) is 10.5. The third-order valence-corrected chi connectivity index (χ3v) is 8.22. The summed E-state index contributed by atoms with van der Waals surface area (Å²) < 4.78 is 21.3. The number of hydrogen-bond acceptors (Lipinski definition) is 4. The van der Waals surface area contributed by atoms with Gasteiger partial charge in [-0.15, -0.1) is 0 Å². The highest BCUT2D eigenvalue weighted by Crippen LogP contribution is 2.40. The molecule has 0 rings (SSSR count). The molecular formula is C25H51O7P. The second kappa shape index (κ2) is 17.9. The van der Waals surface area contributed by atoms with E-state index in [1.54, 1.807) is 0 Å². The van der Waals surface area contributed by atoms with Gasteiger partial charge in [0.15, 0.2) is 0 Å². The second-order valence-electron chi connectivity index (χ2n) is 9.62. The van der Waals surface area contributed by atoms with Crippen LogP contribution >= 0.6 is 7.82 Å². The van der Waals surface area contributed by atoms with Crippen molar-refractivity contribution < 1.29 is 33.5 Å². The number of unbranched alkanes of at least 4 members (excludes halogenated alkanes) is 2. The Bertz CT molecular complexity index is 539. The van der Waals surface area contributed by atoms with Gasteiger partial charge in [-0.2, -0.15) is 0 Å². The van der Waals surface area contributed by atoms with E-state index < -0.39 is 13.8 Å². The molecule has 0 aliphatic heterocycles.